The molecule has 4 rings (SSSR count). The predicted octanol–water partition coefficient (Wildman–Crippen LogP) is 6.15. The minimum absolute atomic E-state index is 0.182. The molecule has 0 saturated heterocycles. The highest BCUT2D eigenvalue weighted by molar-refractivity contribution is 7.12. The Labute approximate surface area is 231 Å². The van der Waals surface area contributed by atoms with Crippen molar-refractivity contribution in [3.63, 3.8) is 0 Å². The number of amides is 2. The zero-order chi connectivity index (χ0) is 28.3. The van der Waals surface area contributed by atoms with Gasteiger partial charge in [-0.3, -0.25) is 4.79 Å². The van der Waals surface area contributed by atoms with Crippen LogP contribution in [0.15, 0.2) is 48.5 Å². The van der Waals surface area contributed by atoms with Crippen LogP contribution in [0.1, 0.15) is 80.9 Å². The highest BCUT2D eigenvalue weighted by Crippen LogP contribution is 2.35. The number of aryl methyl sites for hydroxylation is 2. The van der Waals surface area contributed by atoms with Crippen LogP contribution in [0.25, 0.3) is 0 Å². The number of nitrogens with zero attached hydrogens (tertiary/aromatic N) is 1. The molecule has 0 aliphatic carbocycles. The molecule has 206 valence electrons. The largest absolute Gasteiger partial charge is 0.478 e. The number of halogens is 1. The number of carboxylic acid groups (broad SMARTS) is 1. The summed E-state index contributed by atoms with van der Waals surface area (Å²) in [6.45, 7) is 8.17. The number of thiophene rings is 1. The minimum Gasteiger partial charge on any atom is -0.478 e. The second kappa shape index (κ2) is 11.6. The summed E-state index contributed by atoms with van der Waals surface area (Å²) in [5, 5.41) is 12.2. The van der Waals surface area contributed by atoms with E-state index >= 15 is 0 Å². The van der Waals surface area contributed by atoms with E-state index in [4.69, 9.17) is 9.84 Å². The fourth-order valence-corrected chi connectivity index (χ4v) is 5.93. The summed E-state index contributed by atoms with van der Waals surface area (Å²) in [7, 11) is 0. The average molecular weight is 553 g/mol. The molecule has 0 saturated carbocycles. The molecule has 9 heteroatoms. The monoisotopic (exact) mass is 552 g/mol. The summed E-state index contributed by atoms with van der Waals surface area (Å²) in [4.78, 5) is 41.1. The molecule has 1 unspecified atom stereocenters. The minimum atomic E-state index is -1.01. The van der Waals surface area contributed by atoms with Gasteiger partial charge in [-0.1, -0.05) is 24.3 Å². The number of rotatable bonds is 7. The normalized spacial score (nSPS) is 13.9. The number of nitrogens with one attached hydrogen (secondary N) is 1. The first-order chi connectivity index (χ1) is 18.4. The molecule has 0 fully saturated rings. The summed E-state index contributed by atoms with van der Waals surface area (Å²) >= 11 is 1.53. The highest BCUT2D eigenvalue weighted by atomic mass is 32.1. The van der Waals surface area contributed by atoms with Crippen molar-refractivity contribution in [1.82, 2.24) is 10.2 Å². The molecule has 1 atom stereocenters. The third-order valence-corrected chi connectivity index (χ3v) is 7.84. The van der Waals surface area contributed by atoms with E-state index in [1.165, 1.54) is 35.6 Å². The lowest BCUT2D eigenvalue weighted by molar-refractivity contribution is 0.0226. The summed E-state index contributed by atoms with van der Waals surface area (Å²) in [6.07, 6.45) is 1.40. The Hall–Kier alpha value is -3.72. The number of carbonyl (C=O) groups excluding carboxylic acids is 2. The number of fused-ring (bicyclic) bond motifs is 1. The SMILES string of the molecule is CC(NC(=O)c1c(CCc2ccc(F)cc2)sc2c1CCN(C(=O)OC(C)(C)C)C2)c1ccc(C(=O)O)cc1. The first-order valence-electron chi connectivity index (χ1n) is 12.9. The molecule has 2 amide bonds. The van der Waals surface area contributed by atoms with E-state index in [1.54, 1.807) is 29.2 Å². The van der Waals surface area contributed by atoms with Crippen LogP contribution >= 0.6 is 11.3 Å². The van der Waals surface area contributed by atoms with Crippen LogP contribution in [0.3, 0.4) is 0 Å². The maximum Gasteiger partial charge on any atom is 0.410 e. The second-order valence-corrected chi connectivity index (χ2v) is 11.9. The zero-order valence-electron chi connectivity index (χ0n) is 22.5. The maximum atomic E-state index is 13.7. The number of carbonyl (C=O) groups is 3. The first kappa shape index (κ1) is 28.3. The van der Waals surface area contributed by atoms with Gasteiger partial charge in [-0.05, 0) is 87.9 Å². The van der Waals surface area contributed by atoms with E-state index in [0.717, 1.165) is 26.4 Å². The third kappa shape index (κ3) is 7.03. The smallest absolute Gasteiger partial charge is 0.410 e. The van der Waals surface area contributed by atoms with E-state index in [-0.39, 0.29) is 29.4 Å². The van der Waals surface area contributed by atoms with E-state index in [1.807, 2.05) is 27.7 Å². The summed E-state index contributed by atoms with van der Waals surface area (Å²) < 4.78 is 18.9. The van der Waals surface area contributed by atoms with E-state index in [9.17, 15) is 18.8 Å². The number of carboxylic acids is 1. The van der Waals surface area contributed by atoms with Gasteiger partial charge < -0.3 is 20.1 Å². The van der Waals surface area contributed by atoms with Crippen LogP contribution < -0.4 is 5.32 Å². The Bertz CT molecular complexity index is 1360. The van der Waals surface area contributed by atoms with Crippen molar-refractivity contribution in [3.05, 3.63) is 91.9 Å². The van der Waals surface area contributed by atoms with Crippen molar-refractivity contribution >= 4 is 29.3 Å². The number of benzene rings is 2. The van der Waals surface area contributed by atoms with Crippen LogP contribution in [-0.2, 0) is 30.5 Å². The van der Waals surface area contributed by atoms with Crippen molar-refractivity contribution < 1.29 is 28.6 Å². The Morgan fingerprint density at radius 2 is 1.74 bits per heavy atom. The molecular formula is C30H33FN2O5S. The van der Waals surface area contributed by atoms with Crippen LogP contribution in [0, 0.1) is 5.82 Å². The van der Waals surface area contributed by atoms with Gasteiger partial charge in [0.15, 0.2) is 0 Å². The van der Waals surface area contributed by atoms with Crippen molar-refractivity contribution in [2.24, 2.45) is 0 Å². The Balaban J connectivity index is 1.58. The van der Waals surface area contributed by atoms with Gasteiger partial charge in [-0.25, -0.2) is 14.0 Å². The van der Waals surface area contributed by atoms with Crippen LogP contribution in [0.5, 0.6) is 0 Å². The Morgan fingerprint density at radius 1 is 1.08 bits per heavy atom. The Kier molecular flexibility index (Phi) is 8.39. The van der Waals surface area contributed by atoms with Gasteiger partial charge in [-0.15, -0.1) is 11.3 Å². The first-order valence-corrected chi connectivity index (χ1v) is 13.7. The van der Waals surface area contributed by atoms with Crippen molar-refractivity contribution in [1.29, 1.82) is 0 Å². The predicted molar refractivity (Wildman–Crippen MR) is 148 cm³/mol. The number of hydrogen-bond donors (Lipinski definition) is 2. The van der Waals surface area contributed by atoms with Gasteiger partial charge >= 0.3 is 12.1 Å². The lowest BCUT2D eigenvalue weighted by Gasteiger charge is -2.30. The average Bonchev–Trinajstić information content (AvgIpc) is 3.25. The topological polar surface area (TPSA) is 95.9 Å². The molecule has 7 nitrogen and oxygen atoms in total. The van der Waals surface area contributed by atoms with Crippen LogP contribution in [-0.4, -0.2) is 40.1 Å². The fraction of sp³-hybridized carbons (Fsp3) is 0.367. The molecule has 2 aromatic carbocycles. The number of aromatic carboxylic acids is 1. The lowest BCUT2D eigenvalue weighted by Crippen LogP contribution is -2.40. The standard InChI is InChI=1S/C30H33FN2O5S/c1-18(20-8-10-21(11-9-20)28(35)36)32-27(34)26-23-15-16-33(29(37)38-30(2,3)4)17-25(23)39-24(26)14-7-19-5-12-22(31)13-6-19/h5-6,8-13,18H,7,14-17H2,1-4H3,(H,32,34)(H,35,36). The summed E-state index contributed by atoms with van der Waals surface area (Å²) in [5.74, 6) is -1.51. The molecule has 0 spiro atoms. The van der Waals surface area contributed by atoms with Gasteiger partial charge in [0.05, 0.1) is 23.7 Å². The molecular weight excluding hydrogens is 519 g/mol. The molecule has 2 heterocycles. The second-order valence-electron chi connectivity index (χ2n) is 10.7. The van der Waals surface area contributed by atoms with Gasteiger partial charge in [0.25, 0.3) is 5.91 Å². The van der Waals surface area contributed by atoms with Gasteiger partial charge in [0.2, 0.25) is 0 Å². The fourth-order valence-electron chi connectivity index (χ4n) is 4.56. The quantitative estimate of drug-likeness (QED) is 0.366. The number of ether oxygens (including phenoxy) is 1. The van der Waals surface area contributed by atoms with Crippen molar-refractivity contribution in [3.8, 4) is 0 Å². The molecule has 0 radical (unpaired) electrons. The molecule has 1 aromatic heterocycles. The van der Waals surface area contributed by atoms with Gasteiger partial charge in [0, 0.05) is 16.3 Å². The van der Waals surface area contributed by atoms with Crippen molar-refractivity contribution in [2.75, 3.05) is 6.54 Å². The molecule has 3 aromatic rings. The molecule has 0 bridgehead atoms. The van der Waals surface area contributed by atoms with E-state index in [0.29, 0.717) is 37.9 Å². The Morgan fingerprint density at radius 3 is 2.36 bits per heavy atom. The molecule has 1 aliphatic rings. The molecule has 2 N–H and O–H groups in total. The van der Waals surface area contributed by atoms with Crippen LogP contribution in [0.2, 0.25) is 0 Å². The number of hydrogen-bond acceptors (Lipinski definition) is 5. The molecule has 39 heavy (non-hydrogen) atoms. The van der Waals surface area contributed by atoms with E-state index < -0.39 is 11.6 Å². The zero-order valence-corrected chi connectivity index (χ0v) is 23.4. The summed E-state index contributed by atoms with van der Waals surface area (Å²) in [6, 6.07) is 12.4. The van der Waals surface area contributed by atoms with Gasteiger partial charge in [-0.2, -0.15) is 0 Å². The third-order valence-electron chi connectivity index (χ3n) is 6.57. The maximum absolute atomic E-state index is 13.7. The van der Waals surface area contributed by atoms with Crippen molar-refractivity contribution in [2.45, 2.75) is 65.1 Å². The highest BCUT2D eigenvalue weighted by Gasteiger charge is 2.32. The van der Waals surface area contributed by atoms with Gasteiger partial charge in [0.1, 0.15) is 11.4 Å². The molecule has 1 aliphatic heterocycles. The van der Waals surface area contributed by atoms with Crippen LogP contribution in [0.4, 0.5) is 9.18 Å². The lowest BCUT2D eigenvalue weighted by atomic mass is 9.98. The summed E-state index contributed by atoms with van der Waals surface area (Å²) in [5.41, 5.74) is 2.92. The van der Waals surface area contributed by atoms with E-state index in [2.05, 4.69) is 5.32 Å².